The Morgan fingerprint density at radius 1 is 1.31 bits per heavy atom. The number of benzene rings is 2. The Bertz CT molecular complexity index is 1000. The summed E-state index contributed by atoms with van der Waals surface area (Å²) in [5.41, 5.74) is 1.73. The van der Waals surface area contributed by atoms with Crippen LogP contribution in [-0.4, -0.2) is 25.0 Å². The van der Waals surface area contributed by atoms with Crippen LogP contribution in [0.3, 0.4) is 0 Å². The molecule has 0 aliphatic carbocycles. The van der Waals surface area contributed by atoms with Crippen LogP contribution in [0.5, 0.6) is 0 Å². The molecule has 2 atom stereocenters. The fourth-order valence-corrected chi connectivity index (χ4v) is 3.37. The van der Waals surface area contributed by atoms with Crippen LogP contribution in [0.15, 0.2) is 55.1 Å². The number of nitrogens with zero attached hydrogens (tertiary/aromatic N) is 3. The number of hydrogen-bond donors (Lipinski definition) is 4. The zero-order chi connectivity index (χ0) is 21.0. The summed E-state index contributed by atoms with van der Waals surface area (Å²) in [6, 6.07) is 10.2. The van der Waals surface area contributed by atoms with Crippen LogP contribution in [0.2, 0.25) is 0 Å². The SMILES string of the molecule is C[C@H](c1ccccc1NC(=S)NN)[C@](O)(Cn1cncn1)c1ccc(F)cc1F. The highest BCUT2D eigenvalue weighted by molar-refractivity contribution is 7.80. The van der Waals surface area contributed by atoms with Crippen LogP contribution < -0.4 is 16.6 Å². The third-order valence-electron chi connectivity index (χ3n) is 4.79. The number of aliphatic hydroxyl groups is 1. The van der Waals surface area contributed by atoms with E-state index in [1.165, 1.54) is 23.4 Å². The number of nitrogens with two attached hydrogens (primary N) is 1. The monoisotopic (exact) mass is 418 g/mol. The van der Waals surface area contributed by atoms with Crippen molar-refractivity contribution in [3.05, 3.63) is 77.9 Å². The molecular weight excluding hydrogens is 398 g/mol. The molecule has 7 nitrogen and oxygen atoms in total. The summed E-state index contributed by atoms with van der Waals surface area (Å²) in [6.07, 6.45) is 2.73. The zero-order valence-corrected chi connectivity index (χ0v) is 16.3. The molecule has 0 amide bonds. The van der Waals surface area contributed by atoms with E-state index in [0.29, 0.717) is 11.3 Å². The molecule has 10 heteroatoms. The second-order valence-corrected chi connectivity index (χ2v) is 6.96. The molecular formula is C19H20F2N6OS. The van der Waals surface area contributed by atoms with Gasteiger partial charge in [-0.2, -0.15) is 5.10 Å². The molecule has 3 aromatic rings. The molecule has 5 N–H and O–H groups in total. The van der Waals surface area contributed by atoms with Gasteiger partial charge >= 0.3 is 0 Å². The van der Waals surface area contributed by atoms with Crippen molar-refractivity contribution in [3.63, 3.8) is 0 Å². The second kappa shape index (κ2) is 8.60. The van der Waals surface area contributed by atoms with Crippen LogP contribution in [-0.2, 0) is 12.1 Å². The van der Waals surface area contributed by atoms with Crippen molar-refractivity contribution in [2.75, 3.05) is 5.32 Å². The van der Waals surface area contributed by atoms with E-state index in [9.17, 15) is 13.9 Å². The summed E-state index contributed by atoms with van der Waals surface area (Å²) >= 11 is 5.07. The predicted molar refractivity (Wildman–Crippen MR) is 109 cm³/mol. The molecule has 0 radical (unpaired) electrons. The third-order valence-corrected chi connectivity index (χ3v) is 5.01. The van der Waals surface area contributed by atoms with Gasteiger partial charge in [-0.25, -0.2) is 24.3 Å². The van der Waals surface area contributed by atoms with Gasteiger partial charge in [0.15, 0.2) is 5.11 Å². The van der Waals surface area contributed by atoms with Crippen LogP contribution in [0.25, 0.3) is 0 Å². The van der Waals surface area contributed by atoms with Gasteiger partial charge in [0.25, 0.3) is 0 Å². The van der Waals surface area contributed by atoms with Crippen LogP contribution in [0.4, 0.5) is 14.5 Å². The van der Waals surface area contributed by atoms with E-state index >= 15 is 0 Å². The third kappa shape index (κ3) is 4.39. The van der Waals surface area contributed by atoms with E-state index in [1.54, 1.807) is 31.2 Å². The maximum Gasteiger partial charge on any atom is 0.185 e. The Balaban J connectivity index is 2.10. The first-order valence-electron chi connectivity index (χ1n) is 8.72. The lowest BCUT2D eigenvalue weighted by molar-refractivity contribution is -0.0110. The van der Waals surface area contributed by atoms with Gasteiger partial charge in [0.05, 0.1) is 6.54 Å². The Morgan fingerprint density at radius 2 is 2.07 bits per heavy atom. The molecule has 29 heavy (non-hydrogen) atoms. The number of hydrazine groups is 1. The maximum atomic E-state index is 14.7. The van der Waals surface area contributed by atoms with Gasteiger partial charge in [-0.05, 0) is 29.9 Å². The number of rotatable bonds is 6. The minimum absolute atomic E-state index is 0.0590. The number of halogens is 2. The Morgan fingerprint density at radius 3 is 2.72 bits per heavy atom. The summed E-state index contributed by atoms with van der Waals surface area (Å²) in [5, 5.41) is 18.9. The first kappa shape index (κ1) is 20.8. The molecule has 2 aromatic carbocycles. The van der Waals surface area contributed by atoms with Crippen LogP contribution in [0, 0.1) is 11.6 Å². The lowest BCUT2D eigenvalue weighted by Crippen LogP contribution is -2.39. The summed E-state index contributed by atoms with van der Waals surface area (Å²) in [6.45, 7) is 1.63. The molecule has 0 unspecified atom stereocenters. The van der Waals surface area contributed by atoms with E-state index in [-0.39, 0.29) is 17.2 Å². The summed E-state index contributed by atoms with van der Waals surface area (Å²) in [4.78, 5) is 3.87. The normalized spacial score (nSPS) is 14.1. The molecule has 0 bridgehead atoms. The highest BCUT2D eigenvalue weighted by Crippen LogP contribution is 2.41. The van der Waals surface area contributed by atoms with Crippen molar-refractivity contribution in [3.8, 4) is 0 Å². The molecule has 1 heterocycles. The van der Waals surface area contributed by atoms with Crippen LogP contribution in [0.1, 0.15) is 24.0 Å². The first-order chi connectivity index (χ1) is 13.8. The topological polar surface area (TPSA) is 101 Å². The molecule has 3 rings (SSSR count). The summed E-state index contributed by atoms with van der Waals surface area (Å²) in [5.74, 6) is 3.09. The fourth-order valence-electron chi connectivity index (χ4n) is 3.26. The molecule has 0 fully saturated rings. The minimum Gasteiger partial charge on any atom is -0.382 e. The smallest absolute Gasteiger partial charge is 0.185 e. The van der Waals surface area contributed by atoms with E-state index in [1.807, 2.05) is 0 Å². The average molecular weight is 418 g/mol. The van der Waals surface area contributed by atoms with E-state index in [2.05, 4.69) is 20.8 Å². The standard InChI is InChI=1S/C19H20F2N6OS/c1-12(14-4-2-3-5-17(14)25-18(29)26-22)19(28,9-27-11-23-10-24-27)15-7-6-13(20)8-16(15)21/h2-8,10-12,28H,9,22H2,1H3,(H2,25,26,29)/t12-,19-/m1/s1. The molecule has 1 aromatic heterocycles. The largest absolute Gasteiger partial charge is 0.382 e. The number of para-hydroxylation sites is 1. The van der Waals surface area contributed by atoms with Gasteiger partial charge < -0.3 is 15.8 Å². The molecule has 0 saturated heterocycles. The summed E-state index contributed by atoms with van der Waals surface area (Å²) in [7, 11) is 0. The zero-order valence-electron chi connectivity index (χ0n) is 15.5. The lowest BCUT2D eigenvalue weighted by atomic mass is 9.77. The van der Waals surface area contributed by atoms with Crippen molar-refractivity contribution in [1.82, 2.24) is 20.2 Å². The maximum absolute atomic E-state index is 14.7. The van der Waals surface area contributed by atoms with Gasteiger partial charge in [0, 0.05) is 23.2 Å². The van der Waals surface area contributed by atoms with Crippen molar-refractivity contribution in [2.24, 2.45) is 5.84 Å². The van der Waals surface area contributed by atoms with Crippen molar-refractivity contribution >= 4 is 23.0 Å². The number of thiocarbonyl (C=S) groups is 1. The fraction of sp³-hybridized carbons (Fsp3) is 0.211. The number of aromatic nitrogens is 3. The highest BCUT2D eigenvalue weighted by atomic mass is 32.1. The number of nitrogens with one attached hydrogen (secondary N) is 2. The first-order valence-corrected chi connectivity index (χ1v) is 9.13. The number of anilines is 1. The average Bonchev–Trinajstić information content (AvgIpc) is 3.20. The molecule has 0 spiro atoms. The van der Waals surface area contributed by atoms with Gasteiger partial charge in [-0.3, -0.25) is 0 Å². The van der Waals surface area contributed by atoms with Gasteiger partial charge in [0.2, 0.25) is 0 Å². The van der Waals surface area contributed by atoms with E-state index in [4.69, 9.17) is 18.1 Å². The molecule has 0 aliphatic rings. The second-order valence-electron chi connectivity index (χ2n) is 6.55. The number of hydrogen-bond acceptors (Lipinski definition) is 5. The van der Waals surface area contributed by atoms with Crippen molar-refractivity contribution < 1.29 is 13.9 Å². The Kier molecular flexibility index (Phi) is 6.16. The quantitative estimate of drug-likeness (QED) is 0.277. The van der Waals surface area contributed by atoms with Gasteiger partial charge in [0.1, 0.15) is 29.9 Å². The molecule has 0 saturated carbocycles. The molecule has 152 valence electrons. The van der Waals surface area contributed by atoms with Crippen molar-refractivity contribution in [2.45, 2.75) is 25.0 Å². The van der Waals surface area contributed by atoms with Gasteiger partial charge in [-0.15, -0.1) is 0 Å². The van der Waals surface area contributed by atoms with E-state index in [0.717, 1.165) is 12.1 Å². The highest BCUT2D eigenvalue weighted by Gasteiger charge is 2.40. The van der Waals surface area contributed by atoms with E-state index < -0.39 is 23.2 Å². The van der Waals surface area contributed by atoms with Gasteiger partial charge in [-0.1, -0.05) is 31.2 Å². The Hall–Kier alpha value is -2.95. The summed E-state index contributed by atoms with van der Waals surface area (Å²) < 4.78 is 29.6. The molecule has 0 aliphatic heterocycles. The Labute approximate surface area is 171 Å². The minimum atomic E-state index is -1.78. The van der Waals surface area contributed by atoms with Crippen LogP contribution >= 0.6 is 12.2 Å². The lowest BCUT2D eigenvalue weighted by Gasteiger charge is -2.36. The van der Waals surface area contributed by atoms with Crippen molar-refractivity contribution in [1.29, 1.82) is 0 Å². The predicted octanol–water partition coefficient (Wildman–Crippen LogP) is 2.41.